The molecule has 12 N–H and O–H groups in total. The van der Waals surface area contributed by atoms with Crippen LogP contribution in [0.2, 0.25) is 0 Å². The fraction of sp³-hybridized carbons (Fsp3) is 0.875. The zero-order chi connectivity index (χ0) is 20.7. The predicted molar refractivity (Wildman–Crippen MR) is 92.2 cm³/mol. The monoisotopic (exact) mass is 456 g/mol. The van der Waals surface area contributed by atoms with Crippen LogP contribution < -0.4 is 28.1 Å². The van der Waals surface area contributed by atoms with E-state index < -0.39 is 48.8 Å². The summed E-state index contributed by atoms with van der Waals surface area (Å²) in [7, 11) is -13.5. The fourth-order valence-electron chi connectivity index (χ4n) is 1.75. The molecule has 0 aliphatic carbocycles. The molecule has 0 spiro atoms. The molecular formula is C8H23N6O10P3. The first-order valence-electron chi connectivity index (χ1n) is 7.22. The summed E-state index contributed by atoms with van der Waals surface area (Å²) in [5.41, 5.74) is 21.9. The summed E-state index contributed by atoms with van der Waals surface area (Å²) in [6.45, 7) is -0.0898. The molecule has 19 heteroatoms. The number of ether oxygens (including phenoxy) is 1. The van der Waals surface area contributed by atoms with Gasteiger partial charge in [0.25, 0.3) is 0 Å². The summed E-state index contributed by atoms with van der Waals surface area (Å²) in [6.07, 6.45) is -0.266. The second-order valence-electron chi connectivity index (χ2n) is 5.11. The van der Waals surface area contributed by atoms with Crippen LogP contribution in [0.5, 0.6) is 0 Å². The lowest BCUT2D eigenvalue weighted by Crippen LogP contribution is -2.50. The molecule has 6 unspecified atom stereocenters. The quantitative estimate of drug-likeness (QED) is 0.0474. The summed E-state index contributed by atoms with van der Waals surface area (Å²) in [5, 5.41) is 0. The number of phosphoric acid groups is 2. The third-order valence-corrected chi connectivity index (χ3v) is 6.23. The van der Waals surface area contributed by atoms with Crippen LogP contribution in [0.1, 0.15) is 6.42 Å². The summed E-state index contributed by atoms with van der Waals surface area (Å²) in [6, 6.07) is -0.493. The molecule has 1 rings (SSSR count). The average molecular weight is 456 g/mol. The highest BCUT2D eigenvalue weighted by Crippen LogP contribution is 2.63. The minimum atomic E-state index is -5.30. The summed E-state index contributed by atoms with van der Waals surface area (Å²) >= 11 is 0. The normalized spacial score (nSPS) is 28.2. The van der Waals surface area contributed by atoms with Gasteiger partial charge in [-0.3, -0.25) is 0 Å². The molecule has 0 saturated carbocycles. The van der Waals surface area contributed by atoms with Gasteiger partial charge in [-0.05, 0) is 6.42 Å². The third kappa shape index (κ3) is 10.9. The van der Waals surface area contributed by atoms with Crippen molar-refractivity contribution in [1.29, 1.82) is 0 Å². The summed E-state index contributed by atoms with van der Waals surface area (Å²) < 4.78 is 39.6. The Kier molecular flexibility index (Phi) is 10.3. The smallest absolute Gasteiger partial charge is 0.349 e. The zero-order valence-corrected chi connectivity index (χ0v) is 16.5. The average Bonchev–Trinajstić information content (AvgIpc) is 2.86. The molecule has 0 aromatic rings. The van der Waals surface area contributed by atoms with Gasteiger partial charge in [0.2, 0.25) is 0 Å². The van der Waals surface area contributed by atoms with E-state index in [2.05, 4.69) is 24.5 Å². The number of nitrogens with zero attached hydrogens (tertiary/aromatic N) is 1. The maximum absolute atomic E-state index is 11.3. The first-order valence-corrected chi connectivity index (χ1v) is 11.4. The van der Waals surface area contributed by atoms with E-state index in [1.54, 1.807) is 0 Å². The Morgan fingerprint density at radius 3 is 2.67 bits per heavy atom. The Balaban J connectivity index is 2.36. The van der Waals surface area contributed by atoms with Crippen LogP contribution in [-0.4, -0.2) is 63.6 Å². The van der Waals surface area contributed by atoms with Crippen molar-refractivity contribution in [3.05, 3.63) is 0 Å². The predicted octanol–water partition coefficient (Wildman–Crippen LogP) is -2.74. The molecule has 0 aromatic carbocycles. The maximum Gasteiger partial charge on any atom is 0.487 e. The van der Waals surface area contributed by atoms with E-state index in [0.29, 0.717) is 0 Å². The topological polar surface area (TPSA) is 266 Å². The molecule has 0 bridgehead atoms. The van der Waals surface area contributed by atoms with E-state index in [4.69, 9.17) is 41.1 Å². The van der Waals surface area contributed by atoms with Crippen LogP contribution in [0.4, 0.5) is 0 Å². The van der Waals surface area contributed by atoms with Crippen LogP contribution in [-0.2, 0) is 27.0 Å². The molecule has 1 aliphatic rings. The van der Waals surface area contributed by atoms with Gasteiger partial charge in [-0.1, -0.05) is 0 Å². The van der Waals surface area contributed by atoms with Crippen LogP contribution in [0.25, 0.3) is 0 Å². The molecule has 160 valence electrons. The van der Waals surface area contributed by atoms with Crippen molar-refractivity contribution < 1.29 is 46.6 Å². The summed E-state index contributed by atoms with van der Waals surface area (Å²) in [5.74, 6) is 0. The first-order chi connectivity index (χ1) is 12.4. The molecular weight excluding hydrogens is 433 g/mol. The SMILES string of the molecule is NCC(N)NNC=NC1OC(COP(O)OP(=O)(O)OP(=O)(O)O)CC1N. The van der Waals surface area contributed by atoms with E-state index in [9.17, 15) is 14.0 Å². The first kappa shape index (κ1) is 24.9. The van der Waals surface area contributed by atoms with Crippen molar-refractivity contribution in [2.45, 2.75) is 31.0 Å². The molecule has 16 nitrogen and oxygen atoms in total. The van der Waals surface area contributed by atoms with Gasteiger partial charge in [-0.15, -0.1) is 0 Å². The number of aliphatic imine (C=N–C) groups is 1. The molecule has 1 fully saturated rings. The van der Waals surface area contributed by atoms with Gasteiger partial charge in [0.1, 0.15) is 0 Å². The van der Waals surface area contributed by atoms with Crippen LogP contribution in [0, 0.1) is 0 Å². The standard InChI is InChI=1S/C8H23N6O10P3/c9-2-7(11)14-13-4-12-8-6(10)1-5(22-8)3-21-25(15)23-27(19,20)24-26(16,17)18/h4-8,14-15H,1-3,9-11H2,(H,12,13)(H,19,20)(H2,16,17,18). The minimum Gasteiger partial charge on any atom is -0.349 e. The minimum absolute atomic E-state index is 0.200. The van der Waals surface area contributed by atoms with Crippen LogP contribution in [0.15, 0.2) is 4.99 Å². The molecule has 1 heterocycles. The van der Waals surface area contributed by atoms with Crippen molar-refractivity contribution in [1.82, 2.24) is 10.9 Å². The molecule has 0 amide bonds. The van der Waals surface area contributed by atoms with Gasteiger partial charge < -0.3 is 51.5 Å². The highest BCUT2D eigenvalue weighted by molar-refractivity contribution is 7.65. The number of hydrazine groups is 1. The van der Waals surface area contributed by atoms with Crippen molar-refractivity contribution in [3.8, 4) is 0 Å². The lowest BCUT2D eigenvalue weighted by atomic mass is 10.2. The molecule has 0 radical (unpaired) electrons. The van der Waals surface area contributed by atoms with Crippen LogP contribution >= 0.6 is 24.2 Å². The largest absolute Gasteiger partial charge is 0.487 e. The Labute approximate surface area is 155 Å². The van der Waals surface area contributed by atoms with Gasteiger partial charge in [-0.2, -0.15) is 4.31 Å². The van der Waals surface area contributed by atoms with Crippen molar-refractivity contribution in [3.63, 3.8) is 0 Å². The number of rotatable bonds is 12. The van der Waals surface area contributed by atoms with E-state index in [1.807, 2.05) is 0 Å². The second-order valence-corrected chi connectivity index (χ2v) is 9.07. The Morgan fingerprint density at radius 2 is 2.07 bits per heavy atom. The van der Waals surface area contributed by atoms with Gasteiger partial charge >= 0.3 is 24.2 Å². The van der Waals surface area contributed by atoms with Gasteiger partial charge in [-0.25, -0.2) is 23.9 Å². The van der Waals surface area contributed by atoms with Gasteiger partial charge in [0.15, 0.2) is 6.23 Å². The molecule has 27 heavy (non-hydrogen) atoms. The van der Waals surface area contributed by atoms with Crippen molar-refractivity contribution in [2.75, 3.05) is 13.2 Å². The van der Waals surface area contributed by atoms with E-state index in [0.717, 1.165) is 0 Å². The van der Waals surface area contributed by atoms with E-state index in [-0.39, 0.29) is 19.6 Å². The fourth-order valence-corrected chi connectivity index (χ4v) is 4.40. The lowest BCUT2D eigenvalue weighted by Gasteiger charge is -2.17. The van der Waals surface area contributed by atoms with E-state index >= 15 is 0 Å². The number of hydrogen-bond donors (Lipinski definition) is 9. The van der Waals surface area contributed by atoms with E-state index in [1.165, 1.54) is 6.34 Å². The molecule has 6 atom stereocenters. The highest BCUT2D eigenvalue weighted by atomic mass is 31.3. The number of hydrogen-bond acceptors (Lipinski definition) is 12. The zero-order valence-electron chi connectivity index (χ0n) is 13.8. The Bertz CT molecular complexity index is 579. The van der Waals surface area contributed by atoms with Crippen molar-refractivity contribution >= 4 is 30.6 Å². The van der Waals surface area contributed by atoms with Crippen molar-refractivity contribution in [2.24, 2.45) is 22.2 Å². The Morgan fingerprint density at radius 1 is 1.41 bits per heavy atom. The van der Waals surface area contributed by atoms with Crippen LogP contribution in [0.3, 0.4) is 0 Å². The van der Waals surface area contributed by atoms with Gasteiger partial charge in [0, 0.05) is 6.54 Å². The highest BCUT2D eigenvalue weighted by Gasteiger charge is 2.37. The molecule has 1 aliphatic heterocycles. The number of nitrogens with two attached hydrogens (primary N) is 3. The summed E-state index contributed by atoms with van der Waals surface area (Å²) in [4.78, 5) is 39.4. The number of nitrogens with one attached hydrogen (secondary N) is 2. The lowest BCUT2D eigenvalue weighted by molar-refractivity contribution is 0.0174. The molecule has 0 aromatic heterocycles. The second kappa shape index (κ2) is 11.2. The van der Waals surface area contributed by atoms with Gasteiger partial charge in [0.05, 0.1) is 31.3 Å². The Hall–Kier alpha value is -0.120. The maximum atomic E-state index is 11.3. The third-order valence-electron chi connectivity index (χ3n) is 2.80. The molecule has 1 saturated heterocycles.